The van der Waals surface area contributed by atoms with Gasteiger partial charge in [0.2, 0.25) is 0 Å². The van der Waals surface area contributed by atoms with Crippen LogP contribution in [0.15, 0.2) is 66.7 Å². The van der Waals surface area contributed by atoms with E-state index >= 15 is 0 Å². The van der Waals surface area contributed by atoms with Crippen molar-refractivity contribution in [1.29, 1.82) is 0 Å². The van der Waals surface area contributed by atoms with Crippen molar-refractivity contribution >= 4 is 5.97 Å². The molecule has 5 heteroatoms. The number of benzene rings is 3. The summed E-state index contributed by atoms with van der Waals surface area (Å²) in [5.74, 6) is 0.357. The topological polar surface area (TPSA) is 76.0 Å². The second kappa shape index (κ2) is 9.88. The fraction of sp³-hybridized carbons (Fsp3) is 0.296. The lowest BCUT2D eigenvalue weighted by Gasteiger charge is -2.24. The third-order valence-corrected chi connectivity index (χ3v) is 5.29. The fourth-order valence-electron chi connectivity index (χ4n) is 3.61. The summed E-state index contributed by atoms with van der Waals surface area (Å²) in [5, 5.41) is 19.0. The van der Waals surface area contributed by atoms with Gasteiger partial charge in [-0.3, -0.25) is 4.79 Å². The van der Waals surface area contributed by atoms with Gasteiger partial charge >= 0.3 is 5.97 Å². The molecule has 32 heavy (non-hydrogen) atoms. The number of hydrogen-bond acceptors (Lipinski definition) is 4. The van der Waals surface area contributed by atoms with Crippen molar-refractivity contribution in [2.75, 3.05) is 7.11 Å². The highest BCUT2D eigenvalue weighted by molar-refractivity contribution is 5.70. The molecule has 0 heterocycles. The van der Waals surface area contributed by atoms with Crippen molar-refractivity contribution in [3.8, 4) is 22.6 Å². The Hall–Kier alpha value is -3.31. The standard InChI is InChI=1S/C27H30O5/c1-27(2,3)24-13-18(11-12-23(24)19-7-5-9-21(14-19)31-4)17-32-22-10-6-8-20(15-22)25(28)16-26(29)30/h5-15,25,28H,16-17H2,1-4H3,(H,29,30)/t25-/m1/s1. The maximum atomic E-state index is 10.9. The maximum Gasteiger partial charge on any atom is 0.306 e. The van der Waals surface area contributed by atoms with Crippen LogP contribution in [0.2, 0.25) is 0 Å². The van der Waals surface area contributed by atoms with E-state index in [2.05, 4.69) is 39.0 Å². The van der Waals surface area contributed by atoms with Gasteiger partial charge in [0, 0.05) is 0 Å². The summed E-state index contributed by atoms with van der Waals surface area (Å²) in [6, 6.07) is 21.3. The van der Waals surface area contributed by atoms with Crippen LogP contribution in [0.3, 0.4) is 0 Å². The van der Waals surface area contributed by atoms with E-state index in [1.54, 1.807) is 31.4 Å². The molecule has 0 aliphatic carbocycles. The van der Waals surface area contributed by atoms with Crippen LogP contribution >= 0.6 is 0 Å². The summed E-state index contributed by atoms with van der Waals surface area (Å²) in [7, 11) is 1.67. The molecule has 3 rings (SSSR count). The Morgan fingerprint density at radius 3 is 2.38 bits per heavy atom. The minimum absolute atomic E-state index is 0.0741. The number of carboxylic acid groups (broad SMARTS) is 1. The van der Waals surface area contributed by atoms with Gasteiger partial charge in [0.05, 0.1) is 19.6 Å². The smallest absolute Gasteiger partial charge is 0.306 e. The highest BCUT2D eigenvalue weighted by Gasteiger charge is 2.20. The van der Waals surface area contributed by atoms with Crippen LogP contribution in [-0.4, -0.2) is 23.3 Å². The second-order valence-electron chi connectivity index (χ2n) is 8.84. The molecular formula is C27H30O5. The van der Waals surface area contributed by atoms with Crippen molar-refractivity contribution in [3.05, 3.63) is 83.4 Å². The number of aliphatic carboxylic acids is 1. The molecule has 0 amide bonds. The molecule has 5 nitrogen and oxygen atoms in total. The maximum absolute atomic E-state index is 10.9. The molecule has 0 unspecified atom stereocenters. The Morgan fingerprint density at radius 1 is 0.969 bits per heavy atom. The van der Waals surface area contributed by atoms with E-state index in [0.29, 0.717) is 17.9 Å². The predicted octanol–water partition coefficient (Wildman–Crippen LogP) is 5.75. The van der Waals surface area contributed by atoms with Gasteiger partial charge < -0.3 is 19.7 Å². The molecule has 0 bridgehead atoms. The average molecular weight is 435 g/mol. The van der Waals surface area contributed by atoms with Crippen molar-refractivity contribution in [3.63, 3.8) is 0 Å². The number of carboxylic acids is 1. The highest BCUT2D eigenvalue weighted by Crippen LogP contribution is 2.35. The SMILES string of the molecule is COc1cccc(-c2ccc(COc3cccc([C@H](O)CC(=O)O)c3)cc2C(C)(C)C)c1. The molecule has 0 spiro atoms. The first-order valence-corrected chi connectivity index (χ1v) is 10.6. The first kappa shape index (κ1) is 23.4. The van der Waals surface area contributed by atoms with Gasteiger partial charge in [-0.1, -0.05) is 63.2 Å². The summed E-state index contributed by atoms with van der Waals surface area (Å²) in [6.45, 7) is 6.91. The van der Waals surface area contributed by atoms with E-state index in [4.69, 9.17) is 14.6 Å². The van der Waals surface area contributed by atoms with Crippen LogP contribution in [-0.2, 0) is 16.8 Å². The van der Waals surface area contributed by atoms with Gasteiger partial charge in [0.1, 0.15) is 18.1 Å². The fourth-order valence-corrected chi connectivity index (χ4v) is 3.61. The van der Waals surface area contributed by atoms with Gasteiger partial charge in [-0.2, -0.15) is 0 Å². The average Bonchev–Trinajstić information content (AvgIpc) is 2.76. The first-order chi connectivity index (χ1) is 15.2. The van der Waals surface area contributed by atoms with E-state index in [9.17, 15) is 9.90 Å². The van der Waals surface area contributed by atoms with E-state index < -0.39 is 12.1 Å². The largest absolute Gasteiger partial charge is 0.497 e. The Morgan fingerprint density at radius 2 is 1.69 bits per heavy atom. The van der Waals surface area contributed by atoms with Crippen LogP contribution in [0.4, 0.5) is 0 Å². The van der Waals surface area contributed by atoms with E-state index in [0.717, 1.165) is 22.4 Å². The summed E-state index contributed by atoms with van der Waals surface area (Å²) in [4.78, 5) is 10.9. The van der Waals surface area contributed by atoms with E-state index in [-0.39, 0.29) is 11.8 Å². The zero-order valence-electron chi connectivity index (χ0n) is 19.0. The lowest BCUT2D eigenvalue weighted by atomic mass is 9.81. The zero-order chi connectivity index (χ0) is 23.3. The Kier molecular flexibility index (Phi) is 7.21. The summed E-state index contributed by atoms with van der Waals surface area (Å²) >= 11 is 0. The summed E-state index contributed by atoms with van der Waals surface area (Å²) < 4.78 is 11.3. The lowest BCUT2D eigenvalue weighted by molar-refractivity contribution is -0.139. The van der Waals surface area contributed by atoms with Crippen LogP contribution < -0.4 is 9.47 Å². The molecule has 0 saturated carbocycles. The van der Waals surface area contributed by atoms with Gasteiger partial charge in [0.15, 0.2) is 0 Å². The second-order valence-corrected chi connectivity index (χ2v) is 8.84. The molecule has 3 aromatic rings. The van der Waals surface area contributed by atoms with Gasteiger partial charge in [-0.15, -0.1) is 0 Å². The van der Waals surface area contributed by atoms with Gasteiger partial charge in [0.25, 0.3) is 0 Å². The normalized spacial score (nSPS) is 12.3. The van der Waals surface area contributed by atoms with Crippen LogP contribution in [0.5, 0.6) is 11.5 Å². The number of carbonyl (C=O) groups is 1. The number of hydrogen-bond donors (Lipinski definition) is 2. The van der Waals surface area contributed by atoms with Gasteiger partial charge in [-0.05, 0) is 57.5 Å². The monoisotopic (exact) mass is 434 g/mol. The lowest BCUT2D eigenvalue weighted by Crippen LogP contribution is -2.14. The molecule has 1 atom stereocenters. The molecule has 0 fully saturated rings. The van der Waals surface area contributed by atoms with E-state index in [1.165, 1.54) is 5.56 Å². The number of aliphatic hydroxyl groups is 1. The molecule has 168 valence electrons. The van der Waals surface area contributed by atoms with Crippen molar-refractivity contribution in [2.24, 2.45) is 0 Å². The molecule has 3 aromatic carbocycles. The molecular weight excluding hydrogens is 404 g/mol. The number of methoxy groups -OCH3 is 1. The molecule has 0 aliphatic rings. The van der Waals surface area contributed by atoms with Crippen LogP contribution in [0.25, 0.3) is 11.1 Å². The molecule has 0 radical (unpaired) electrons. The Balaban J connectivity index is 1.83. The Bertz CT molecular complexity index is 1080. The summed E-state index contributed by atoms with van der Waals surface area (Å²) in [6.07, 6.45) is -1.41. The predicted molar refractivity (Wildman–Crippen MR) is 125 cm³/mol. The zero-order valence-corrected chi connectivity index (χ0v) is 19.0. The minimum Gasteiger partial charge on any atom is -0.497 e. The molecule has 0 saturated heterocycles. The molecule has 2 N–H and O–H groups in total. The number of aliphatic hydroxyl groups excluding tert-OH is 1. The van der Waals surface area contributed by atoms with Crippen molar-refractivity contribution < 1.29 is 24.5 Å². The number of ether oxygens (including phenoxy) is 2. The Labute approximate surface area is 189 Å². The third kappa shape index (κ3) is 5.89. The quantitative estimate of drug-likeness (QED) is 0.472. The van der Waals surface area contributed by atoms with Crippen molar-refractivity contribution in [1.82, 2.24) is 0 Å². The highest BCUT2D eigenvalue weighted by atomic mass is 16.5. The van der Waals surface area contributed by atoms with E-state index in [1.807, 2.05) is 24.3 Å². The molecule has 0 aliphatic heterocycles. The van der Waals surface area contributed by atoms with Crippen LogP contribution in [0.1, 0.15) is 50.0 Å². The first-order valence-electron chi connectivity index (χ1n) is 10.6. The minimum atomic E-state index is -1.06. The number of rotatable bonds is 8. The summed E-state index contributed by atoms with van der Waals surface area (Å²) in [5.41, 5.74) is 4.93. The molecule has 0 aromatic heterocycles. The third-order valence-electron chi connectivity index (χ3n) is 5.29. The van der Waals surface area contributed by atoms with Crippen molar-refractivity contribution in [2.45, 2.75) is 45.3 Å². The van der Waals surface area contributed by atoms with Gasteiger partial charge in [-0.25, -0.2) is 0 Å². The van der Waals surface area contributed by atoms with Crippen LogP contribution in [0, 0.1) is 0 Å².